The van der Waals surface area contributed by atoms with E-state index in [1.807, 2.05) is 0 Å². The van der Waals surface area contributed by atoms with Crippen molar-refractivity contribution in [3.63, 3.8) is 0 Å². The number of hydrogen-bond donors (Lipinski definition) is 2. The molecule has 0 unspecified atom stereocenters. The van der Waals surface area contributed by atoms with Gasteiger partial charge in [0.25, 0.3) is 5.56 Å². The van der Waals surface area contributed by atoms with Crippen LogP contribution < -0.4 is 10.9 Å². The molecule has 6 nitrogen and oxygen atoms in total. The zero-order valence-electron chi connectivity index (χ0n) is 9.84. The first-order valence-corrected chi connectivity index (χ1v) is 7.87. The largest absolute Gasteiger partial charge is 0.339 e. The van der Waals surface area contributed by atoms with Gasteiger partial charge in [-0.15, -0.1) is 0 Å². The first-order chi connectivity index (χ1) is 8.88. The lowest BCUT2D eigenvalue weighted by Gasteiger charge is -2.07. The van der Waals surface area contributed by atoms with Crippen molar-refractivity contribution >= 4 is 37.3 Å². The Balaban J connectivity index is 2.30. The third-order valence-electron chi connectivity index (χ3n) is 2.34. The van der Waals surface area contributed by atoms with Crippen molar-refractivity contribution in [3.8, 4) is 0 Å². The standard InChI is InChI=1S/C11H10BrN3O3S/c1-19(17,18)8-4-2-7(3-5-8)15-10-9(12)11(16)14-6-13-10/h2-6H,1H3,(H2,13,14,15,16). The molecule has 0 fully saturated rings. The number of anilines is 2. The zero-order chi connectivity index (χ0) is 14.0. The molecule has 19 heavy (non-hydrogen) atoms. The number of nitrogens with zero attached hydrogens (tertiary/aromatic N) is 1. The minimum absolute atomic E-state index is 0.232. The third kappa shape index (κ3) is 3.21. The summed E-state index contributed by atoms with van der Waals surface area (Å²) in [6, 6.07) is 6.18. The van der Waals surface area contributed by atoms with Crippen LogP contribution in [0.5, 0.6) is 0 Å². The van der Waals surface area contributed by atoms with Crippen LogP contribution in [-0.4, -0.2) is 24.6 Å². The van der Waals surface area contributed by atoms with Gasteiger partial charge in [0.05, 0.1) is 11.2 Å². The predicted octanol–water partition coefficient (Wildman–Crippen LogP) is 1.68. The van der Waals surface area contributed by atoms with Gasteiger partial charge in [0.1, 0.15) is 4.47 Å². The van der Waals surface area contributed by atoms with Gasteiger partial charge in [-0.25, -0.2) is 13.4 Å². The van der Waals surface area contributed by atoms with Crippen molar-refractivity contribution in [1.29, 1.82) is 0 Å². The minimum Gasteiger partial charge on any atom is -0.339 e. The first-order valence-electron chi connectivity index (χ1n) is 5.18. The first kappa shape index (κ1) is 13.8. The average Bonchev–Trinajstić information content (AvgIpc) is 2.35. The molecule has 0 aliphatic rings. The predicted molar refractivity (Wildman–Crippen MR) is 75.4 cm³/mol. The molecular weight excluding hydrogens is 334 g/mol. The molecular formula is C11H10BrN3O3S. The maximum absolute atomic E-state index is 11.4. The van der Waals surface area contributed by atoms with Gasteiger partial charge in [-0.2, -0.15) is 0 Å². The summed E-state index contributed by atoms with van der Waals surface area (Å²) in [5.74, 6) is 0.357. The van der Waals surface area contributed by atoms with E-state index < -0.39 is 9.84 Å². The lowest BCUT2D eigenvalue weighted by atomic mass is 10.3. The number of rotatable bonds is 3. The van der Waals surface area contributed by atoms with Crippen LogP contribution >= 0.6 is 15.9 Å². The molecule has 1 aromatic heterocycles. The second kappa shape index (κ2) is 5.14. The van der Waals surface area contributed by atoms with E-state index >= 15 is 0 Å². The Kier molecular flexibility index (Phi) is 3.72. The molecule has 2 rings (SSSR count). The van der Waals surface area contributed by atoms with E-state index in [1.54, 1.807) is 12.1 Å². The van der Waals surface area contributed by atoms with Crippen molar-refractivity contribution in [3.05, 3.63) is 45.4 Å². The molecule has 0 saturated carbocycles. The van der Waals surface area contributed by atoms with Crippen molar-refractivity contribution in [2.24, 2.45) is 0 Å². The van der Waals surface area contributed by atoms with Crippen LogP contribution in [0.2, 0.25) is 0 Å². The number of nitrogens with one attached hydrogen (secondary N) is 2. The van der Waals surface area contributed by atoms with Gasteiger partial charge < -0.3 is 10.3 Å². The highest BCUT2D eigenvalue weighted by Crippen LogP contribution is 2.21. The maximum Gasteiger partial charge on any atom is 0.267 e. The number of H-pyrrole nitrogens is 1. The summed E-state index contributed by atoms with van der Waals surface area (Å²) in [5, 5.41) is 2.92. The van der Waals surface area contributed by atoms with Gasteiger partial charge in [-0.05, 0) is 40.2 Å². The maximum atomic E-state index is 11.4. The number of sulfone groups is 1. The highest BCUT2D eigenvalue weighted by Gasteiger charge is 2.08. The summed E-state index contributed by atoms with van der Waals surface area (Å²) >= 11 is 3.12. The monoisotopic (exact) mass is 343 g/mol. The van der Waals surface area contributed by atoms with E-state index in [4.69, 9.17) is 0 Å². The number of hydrogen-bond acceptors (Lipinski definition) is 5. The summed E-state index contributed by atoms with van der Waals surface area (Å²) in [6.07, 6.45) is 2.42. The molecule has 0 aliphatic heterocycles. The Morgan fingerprint density at radius 2 is 1.89 bits per heavy atom. The van der Waals surface area contributed by atoms with Crippen molar-refractivity contribution in [2.45, 2.75) is 4.90 Å². The molecule has 2 aromatic rings. The fraction of sp³-hybridized carbons (Fsp3) is 0.0909. The highest BCUT2D eigenvalue weighted by atomic mass is 79.9. The molecule has 0 bridgehead atoms. The molecule has 0 spiro atoms. The number of halogens is 1. The quantitative estimate of drug-likeness (QED) is 0.884. The van der Waals surface area contributed by atoms with Crippen LogP contribution in [0.3, 0.4) is 0 Å². The van der Waals surface area contributed by atoms with Gasteiger partial charge in [0.2, 0.25) is 0 Å². The molecule has 100 valence electrons. The number of aromatic amines is 1. The Morgan fingerprint density at radius 3 is 2.47 bits per heavy atom. The van der Waals surface area contributed by atoms with E-state index in [2.05, 4.69) is 31.2 Å². The lowest BCUT2D eigenvalue weighted by molar-refractivity contribution is 0.602. The summed E-state index contributed by atoms with van der Waals surface area (Å²) in [5.41, 5.74) is 0.330. The SMILES string of the molecule is CS(=O)(=O)c1ccc(Nc2nc[nH]c(=O)c2Br)cc1. The molecule has 2 N–H and O–H groups in total. The van der Waals surface area contributed by atoms with Gasteiger partial charge in [-0.1, -0.05) is 0 Å². The highest BCUT2D eigenvalue weighted by molar-refractivity contribution is 9.10. The Bertz CT molecular complexity index is 754. The van der Waals surface area contributed by atoms with Gasteiger partial charge in [0, 0.05) is 11.9 Å². The number of aromatic nitrogens is 2. The minimum atomic E-state index is -3.21. The molecule has 0 amide bonds. The topological polar surface area (TPSA) is 91.9 Å². The number of benzene rings is 1. The van der Waals surface area contributed by atoms with Crippen molar-refractivity contribution < 1.29 is 8.42 Å². The molecule has 1 aromatic carbocycles. The second-order valence-corrected chi connectivity index (χ2v) is 6.62. The Hall–Kier alpha value is -1.67. The Labute approximate surface area is 117 Å². The van der Waals surface area contributed by atoms with Crippen LogP contribution in [0.4, 0.5) is 11.5 Å². The van der Waals surface area contributed by atoms with E-state index in [0.29, 0.717) is 11.5 Å². The lowest BCUT2D eigenvalue weighted by Crippen LogP contribution is -2.10. The normalized spacial score (nSPS) is 11.3. The second-order valence-electron chi connectivity index (χ2n) is 3.82. The van der Waals surface area contributed by atoms with E-state index in [-0.39, 0.29) is 14.9 Å². The van der Waals surface area contributed by atoms with Gasteiger partial charge in [0.15, 0.2) is 15.7 Å². The summed E-state index contributed by atoms with van der Waals surface area (Å²) in [7, 11) is -3.21. The Morgan fingerprint density at radius 1 is 1.26 bits per heavy atom. The average molecular weight is 344 g/mol. The summed E-state index contributed by atoms with van der Waals surface area (Å²) in [4.78, 5) is 18.0. The van der Waals surface area contributed by atoms with E-state index in [1.165, 1.54) is 18.5 Å². The van der Waals surface area contributed by atoms with Crippen LogP contribution in [0, 0.1) is 0 Å². The van der Waals surface area contributed by atoms with Crippen LogP contribution in [-0.2, 0) is 9.84 Å². The zero-order valence-corrected chi connectivity index (χ0v) is 12.2. The van der Waals surface area contributed by atoms with Crippen molar-refractivity contribution in [2.75, 3.05) is 11.6 Å². The van der Waals surface area contributed by atoms with Gasteiger partial charge >= 0.3 is 0 Å². The molecule has 0 radical (unpaired) electrons. The molecule has 0 aliphatic carbocycles. The summed E-state index contributed by atoms with van der Waals surface area (Å²) < 4.78 is 22.9. The van der Waals surface area contributed by atoms with Crippen LogP contribution in [0.1, 0.15) is 0 Å². The third-order valence-corrected chi connectivity index (χ3v) is 4.21. The fourth-order valence-electron chi connectivity index (χ4n) is 1.39. The molecule has 8 heteroatoms. The fourth-order valence-corrected chi connectivity index (χ4v) is 2.34. The van der Waals surface area contributed by atoms with Gasteiger partial charge in [-0.3, -0.25) is 4.79 Å². The smallest absolute Gasteiger partial charge is 0.267 e. The van der Waals surface area contributed by atoms with Crippen LogP contribution in [0.15, 0.2) is 44.8 Å². The summed E-state index contributed by atoms with van der Waals surface area (Å²) in [6.45, 7) is 0. The molecule has 1 heterocycles. The molecule has 0 atom stereocenters. The van der Waals surface area contributed by atoms with Crippen LogP contribution in [0.25, 0.3) is 0 Å². The molecule has 0 saturated heterocycles. The van der Waals surface area contributed by atoms with Crippen molar-refractivity contribution in [1.82, 2.24) is 9.97 Å². The van der Waals surface area contributed by atoms with E-state index in [9.17, 15) is 13.2 Å². The van der Waals surface area contributed by atoms with E-state index in [0.717, 1.165) is 6.26 Å².